The van der Waals surface area contributed by atoms with Gasteiger partial charge in [-0.3, -0.25) is 4.57 Å². The number of hydrogen-bond acceptors (Lipinski definition) is 7. The van der Waals surface area contributed by atoms with Gasteiger partial charge in [-0.15, -0.1) is 11.3 Å². The van der Waals surface area contributed by atoms with Crippen molar-refractivity contribution in [3.63, 3.8) is 0 Å². The highest BCUT2D eigenvalue weighted by molar-refractivity contribution is 7.26. The summed E-state index contributed by atoms with van der Waals surface area (Å²) in [7, 11) is 0. The van der Waals surface area contributed by atoms with Gasteiger partial charge in [0.05, 0.1) is 11.0 Å². The van der Waals surface area contributed by atoms with E-state index in [-0.39, 0.29) is 0 Å². The second kappa shape index (κ2) is 12.5. The molecule has 0 aliphatic heterocycles. The van der Waals surface area contributed by atoms with Crippen molar-refractivity contribution in [2.24, 2.45) is 0 Å². The molecule has 0 atom stereocenters. The van der Waals surface area contributed by atoms with Crippen molar-refractivity contribution in [1.82, 2.24) is 29.5 Å². The predicted octanol–water partition coefficient (Wildman–Crippen LogP) is 12.7. The Labute approximate surface area is 329 Å². The summed E-state index contributed by atoms with van der Waals surface area (Å²) < 4.78 is 10.8. The third kappa shape index (κ3) is 4.94. The number of fused-ring (bicyclic) bond motifs is 9. The molecule has 8 heteroatoms. The fourth-order valence-corrected chi connectivity index (χ4v) is 9.39. The number of hydrogen-bond donors (Lipinski definition) is 0. The van der Waals surface area contributed by atoms with Crippen LogP contribution in [-0.4, -0.2) is 29.5 Å². The summed E-state index contributed by atoms with van der Waals surface area (Å²) in [6.07, 6.45) is 0. The fraction of sp³-hybridized carbons (Fsp3) is 0. The molecule has 5 aromatic heterocycles. The minimum Gasteiger partial charge on any atom is -0.452 e. The van der Waals surface area contributed by atoms with Crippen molar-refractivity contribution in [1.29, 1.82) is 0 Å². The largest absolute Gasteiger partial charge is 0.452 e. The van der Waals surface area contributed by atoms with E-state index >= 15 is 0 Å². The van der Waals surface area contributed by atoms with Gasteiger partial charge in [-0.2, -0.15) is 9.97 Å². The lowest BCUT2D eigenvalue weighted by atomic mass is 10.0. The summed E-state index contributed by atoms with van der Waals surface area (Å²) in [6, 6.07) is 58.0. The molecule has 0 bridgehead atoms. The molecule has 7 aromatic carbocycles. The zero-order valence-electron chi connectivity index (χ0n) is 30.2. The van der Waals surface area contributed by atoms with Gasteiger partial charge < -0.3 is 4.42 Å². The Hall–Kier alpha value is -7.55. The molecule has 0 N–H and O–H groups in total. The number of furan rings is 1. The Morgan fingerprint density at radius 2 is 1.04 bits per heavy atom. The molecule has 5 heterocycles. The molecule has 0 saturated carbocycles. The Balaban J connectivity index is 1.11. The van der Waals surface area contributed by atoms with Crippen molar-refractivity contribution in [2.45, 2.75) is 0 Å². The number of aromatic nitrogens is 6. The van der Waals surface area contributed by atoms with Gasteiger partial charge in [0, 0.05) is 58.6 Å². The van der Waals surface area contributed by atoms with Crippen molar-refractivity contribution < 1.29 is 4.42 Å². The van der Waals surface area contributed by atoms with Crippen LogP contribution in [0.1, 0.15) is 0 Å². The van der Waals surface area contributed by atoms with E-state index in [1.54, 1.807) is 11.3 Å². The monoisotopic (exact) mass is 748 g/mol. The van der Waals surface area contributed by atoms with E-state index in [2.05, 4.69) is 108 Å². The first-order chi connectivity index (χ1) is 28.3. The molecule has 0 aliphatic carbocycles. The first-order valence-electron chi connectivity index (χ1n) is 18.8. The topological polar surface area (TPSA) is 82.5 Å². The summed E-state index contributed by atoms with van der Waals surface area (Å²) in [5, 5.41) is 5.42. The highest BCUT2D eigenvalue weighted by atomic mass is 32.1. The molecule has 7 nitrogen and oxygen atoms in total. The quantitative estimate of drug-likeness (QED) is 0.174. The van der Waals surface area contributed by atoms with Gasteiger partial charge in [0.15, 0.2) is 23.1 Å². The molecule has 0 unspecified atom stereocenters. The predicted molar refractivity (Wildman–Crippen MR) is 232 cm³/mol. The first-order valence-corrected chi connectivity index (χ1v) is 19.6. The molecular weight excluding hydrogens is 721 g/mol. The van der Waals surface area contributed by atoms with E-state index < -0.39 is 0 Å². The van der Waals surface area contributed by atoms with E-state index in [4.69, 9.17) is 29.3 Å². The standard InChI is InChI=1S/C49H28N6OS/c1-3-15-29(16-4-1)42-44-43(33-21-9-12-27-39(33)56-44)51-48(50-42)36-24-13-22-34-41-35(23-14-28-40(41)57-45(34)36)47-52-46(30-17-5-2-6-18-30)53-49(54-47)55-37-25-10-7-19-31(37)32-20-8-11-26-38(32)55/h1-28H. The smallest absolute Gasteiger partial charge is 0.238 e. The Bertz CT molecular complexity index is 3480. The van der Waals surface area contributed by atoms with Crippen molar-refractivity contribution >= 4 is 75.4 Å². The van der Waals surface area contributed by atoms with Gasteiger partial charge in [-0.1, -0.05) is 133 Å². The van der Waals surface area contributed by atoms with Gasteiger partial charge in [0.1, 0.15) is 16.8 Å². The fourth-order valence-electron chi connectivity index (χ4n) is 8.15. The van der Waals surface area contributed by atoms with Crippen LogP contribution in [0.5, 0.6) is 0 Å². The van der Waals surface area contributed by atoms with Gasteiger partial charge in [0.25, 0.3) is 0 Å². The SMILES string of the molecule is c1ccc(-c2nc(-c3cccc4sc5c(-c6nc(-c7ccccc7)c7oc8ccccc8c7n6)cccc5c34)nc(-n3c4ccccc4c4ccccc43)n2)cc1. The second-order valence-corrected chi connectivity index (χ2v) is 15.1. The van der Waals surface area contributed by atoms with Gasteiger partial charge in [0.2, 0.25) is 5.95 Å². The van der Waals surface area contributed by atoms with Crippen molar-refractivity contribution in [2.75, 3.05) is 0 Å². The molecule has 0 radical (unpaired) electrons. The van der Waals surface area contributed by atoms with E-state index in [9.17, 15) is 0 Å². The summed E-state index contributed by atoms with van der Waals surface area (Å²) in [5.74, 6) is 2.42. The Morgan fingerprint density at radius 3 is 1.81 bits per heavy atom. The maximum absolute atomic E-state index is 6.41. The van der Waals surface area contributed by atoms with Crippen LogP contribution < -0.4 is 0 Å². The van der Waals surface area contributed by atoms with Crippen LogP contribution in [0.25, 0.3) is 115 Å². The van der Waals surface area contributed by atoms with Crippen molar-refractivity contribution in [3.05, 3.63) is 170 Å². The lowest BCUT2D eigenvalue weighted by molar-refractivity contribution is 0.667. The van der Waals surface area contributed by atoms with Crippen LogP contribution in [0, 0.1) is 0 Å². The molecule has 0 saturated heterocycles. The molecule has 57 heavy (non-hydrogen) atoms. The summed E-state index contributed by atoms with van der Waals surface area (Å²) in [6.45, 7) is 0. The van der Waals surface area contributed by atoms with Crippen LogP contribution in [0.3, 0.4) is 0 Å². The zero-order chi connectivity index (χ0) is 37.5. The number of thiophene rings is 1. The van der Waals surface area contributed by atoms with Gasteiger partial charge in [-0.05, 0) is 36.4 Å². The van der Waals surface area contributed by atoms with E-state index in [1.807, 2.05) is 66.7 Å². The van der Waals surface area contributed by atoms with Gasteiger partial charge in [-0.25, -0.2) is 15.0 Å². The van der Waals surface area contributed by atoms with Crippen LogP contribution >= 0.6 is 11.3 Å². The molecule has 0 spiro atoms. The minimum absolute atomic E-state index is 0.566. The van der Waals surface area contributed by atoms with E-state index in [1.165, 1.54) is 0 Å². The number of benzene rings is 7. The normalized spacial score (nSPS) is 11.9. The molecule has 12 aromatic rings. The third-order valence-corrected chi connectivity index (χ3v) is 11.9. The molecule has 266 valence electrons. The average Bonchev–Trinajstić information content (AvgIpc) is 3.96. The molecule has 0 aliphatic rings. The zero-order valence-corrected chi connectivity index (χ0v) is 31.0. The second-order valence-electron chi connectivity index (χ2n) is 14.0. The van der Waals surface area contributed by atoms with Gasteiger partial charge >= 0.3 is 0 Å². The third-order valence-electron chi connectivity index (χ3n) is 10.7. The highest BCUT2D eigenvalue weighted by Crippen LogP contribution is 2.44. The molecule has 0 amide bonds. The van der Waals surface area contributed by atoms with E-state index in [0.29, 0.717) is 29.0 Å². The number of para-hydroxylation sites is 3. The minimum atomic E-state index is 0.566. The number of rotatable bonds is 5. The summed E-state index contributed by atoms with van der Waals surface area (Å²) in [4.78, 5) is 26.1. The summed E-state index contributed by atoms with van der Waals surface area (Å²) >= 11 is 1.73. The van der Waals surface area contributed by atoms with Crippen LogP contribution in [-0.2, 0) is 0 Å². The molecule has 12 rings (SSSR count). The first kappa shape index (κ1) is 31.8. The molecular formula is C49H28N6OS. The summed E-state index contributed by atoms with van der Waals surface area (Å²) in [5.41, 5.74) is 8.88. The maximum atomic E-state index is 6.41. The maximum Gasteiger partial charge on any atom is 0.238 e. The van der Waals surface area contributed by atoms with E-state index in [0.717, 1.165) is 86.4 Å². The lowest BCUT2D eigenvalue weighted by Gasteiger charge is -2.11. The highest BCUT2D eigenvalue weighted by Gasteiger charge is 2.23. The average molecular weight is 749 g/mol. The lowest BCUT2D eigenvalue weighted by Crippen LogP contribution is -2.06. The Morgan fingerprint density at radius 1 is 0.439 bits per heavy atom. The van der Waals surface area contributed by atoms with Crippen LogP contribution in [0.2, 0.25) is 0 Å². The Kier molecular flexibility index (Phi) is 6.96. The van der Waals surface area contributed by atoms with Crippen LogP contribution in [0.4, 0.5) is 0 Å². The number of nitrogens with zero attached hydrogens (tertiary/aromatic N) is 6. The van der Waals surface area contributed by atoms with Crippen LogP contribution in [0.15, 0.2) is 174 Å². The molecule has 0 fully saturated rings. The van der Waals surface area contributed by atoms with Crippen molar-refractivity contribution in [3.8, 4) is 51.4 Å².